The second-order valence-electron chi connectivity index (χ2n) is 7.05. The molecule has 2 heterocycles. The molecule has 0 aliphatic heterocycles. The molecule has 0 bridgehead atoms. The second kappa shape index (κ2) is 8.80. The van der Waals surface area contributed by atoms with Crippen LogP contribution in [0.4, 0.5) is 0 Å². The van der Waals surface area contributed by atoms with Gasteiger partial charge in [-0.05, 0) is 51.1 Å². The molecule has 0 saturated carbocycles. The molecule has 3 aromatic rings. The van der Waals surface area contributed by atoms with Crippen LogP contribution in [0.3, 0.4) is 0 Å². The first-order valence-electron chi connectivity index (χ1n) is 9.49. The highest BCUT2D eigenvalue weighted by atomic mass is 32.2. The molecule has 0 spiro atoms. The van der Waals surface area contributed by atoms with E-state index in [1.807, 2.05) is 13.8 Å². The quantitative estimate of drug-likeness (QED) is 0.528. The second-order valence-corrected chi connectivity index (χ2v) is 8.81. The van der Waals surface area contributed by atoms with Crippen molar-refractivity contribution >= 4 is 27.0 Å². The predicted molar refractivity (Wildman–Crippen MR) is 113 cm³/mol. The maximum absolute atomic E-state index is 12.5. The topological polar surface area (TPSA) is 115 Å². The van der Waals surface area contributed by atoms with E-state index in [0.717, 1.165) is 11.0 Å². The molecule has 9 nitrogen and oxygen atoms in total. The minimum atomic E-state index is -3.67. The molecular weight excluding hydrogens is 406 g/mol. The van der Waals surface area contributed by atoms with Crippen molar-refractivity contribution in [3.05, 3.63) is 47.8 Å². The summed E-state index contributed by atoms with van der Waals surface area (Å²) in [5.41, 5.74) is 1.75. The van der Waals surface area contributed by atoms with Gasteiger partial charge in [-0.1, -0.05) is 0 Å². The Kier molecular flexibility index (Phi) is 6.37. The third-order valence-electron chi connectivity index (χ3n) is 4.57. The minimum Gasteiger partial charge on any atom is -0.497 e. The van der Waals surface area contributed by atoms with Gasteiger partial charge in [-0.15, -0.1) is 0 Å². The Morgan fingerprint density at radius 2 is 1.90 bits per heavy atom. The van der Waals surface area contributed by atoms with Gasteiger partial charge in [0.1, 0.15) is 5.75 Å². The smallest absolute Gasteiger partial charge is 0.253 e. The van der Waals surface area contributed by atoms with Gasteiger partial charge in [0.15, 0.2) is 5.65 Å². The number of amides is 1. The third-order valence-corrected chi connectivity index (χ3v) is 6.04. The maximum Gasteiger partial charge on any atom is 0.253 e. The van der Waals surface area contributed by atoms with E-state index in [2.05, 4.69) is 20.1 Å². The Labute approximate surface area is 175 Å². The zero-order valence-electron chi connectivity index (χ0n) is 17.3. The number of nitrogens with zero attached hydrogens (tertiary/aromatic N) is 3. The van der Waals surface area contributed by atoms with Crippen molar-refractivity contribution in [3.63, 3.8) is 0 Å². The van der Waals surface area contributed by atoms with E-state index >= 15 is 0 Å². The standard InChI is InChI=1S/C20H25N5O4S/c1-13(2)25-19-15(12-22-25)11-18(14(3)24-19)20(26)21-9-10-23-30(27,28)17-7-5-16(29-4)6-8-17/h5-8,11-13,23H,9-10H2,1-4H3,(H,21,26). The van der Waals surface area contributed by atoms with Gasteiger partial charge in [0, 0.05) is 24.5 Å². The average molecular weight is 432 g/mol. The van der Waals surface area contributed by atoms with Crippen LogP contribution >= 0.6 is 0 Å². The number of hydrogen-bond acceptors (Lipinski definition) is 6. The highest BCUT2D eigenvalue weighted by molar-refractivity contribution is 7.89. The van der Waals surface area contributed by atoms with Gasteiger partial charge in [-0.25, -0.2) is 22.8 Å². The van der Waals surface area contributed by atoms with Crippen LogP contribution in [0.1, 0.15) is 35.9 Å². The van der Waals surface area contributed by atoms with Crippen LogP contribution in [0.5, 0.6) is 5.75 Å². The van der Waals surface area contributed by atoms with Crippen molar-refractivity contribution in [2.45, 2.75) is 31.7 Å². The molecule has 0 aliphatic carbocycles. The number of carbonyl (C=O) groups excluding carboxylic acids is 1. The van der Waals surface area contributed by atoms with E-state index in [9.17, 15) is 13.2 Å². The van der Waals surface area contributed by atoms with Gasteiger partial charge >= 0.3 is 0 Å². The van der Waals surface area contributed by atoms with Gasteiger partial charge < -0.3 is 10.1 Å². The van der Waals surface area contributed by atoms with Crippen LogP contribution in [-0.4, -0.2) is 49.3 Å². The first kappa shape index (κ1) is 21.7. The van der Waals surface area contributed by atoms with Crippen molar-refractivity contribution in [2.75, 3.05) is 20.2 Å². The van der Waals surface area contributed by atoms with Crippen molar-refractivity contribution in [2.24, 2.45) is 0 Å². The lowest BCUT2D eigenvalue weighted by atomic mass is 10.1. The summed E-state index contributed by atoms with van der Waals surface area (Å²) in [6, 6.07) is 7.98. The summed E-state index contributed by atoms with van der Waals surface area (Å²) in [6.45, 7) is 5.98. The summed E-state index contributed by atoms with van der Waals surface area (Å²) in [7, 11) is -2.16. The van der Waals surface area contributed by atoms with Crippen LogP contribution in [-0.2, 0) is 10.0 Å². The fourth-order valence-corrected chi connectivity index (χ4v) is 4.00. The lowest BCUT2D eigenvalue weighted by molar-refractivity contribution is 0.0953. The lowest BCUT2D eigenvalue weighted by Crippen LogP contribution is -2.35. The molecule has 2 aromatic heterocycles. The van der Waals surface area contributed by atoms with E-state index in [1.54, 1.807) is 36.0 Å². The molecule has 1 aromatic carbocycles. The fraction of sp³-hybridized carbons (Fsp3) is 0.350. The molecule has 0 unspecified atom stereocenters. The summed E-state index contributed by atoms with van der Waals surface area (Å²) in [6.07, 6.45) is 1.68. The molecule has 0 radical (unpaired) electrons. The Morgan fingerprint density at radius 3 is 2.53 bits per heavy atom. The largest absolute Gasteiger partial charge is 0.497 e. The number of nitrogens with one attached hydrogen (secondary N) is 2. The number of rotatable bonds is 8. The van der Waals surface area contributed by atoms with E-state index in [1.165, 1.54) is 19.2 Å². The maximum atomic E-state index is 12.5. The summed E-state index contributed by atoms with van der Waals surface area (Å²) in [4.78, 5) is 17.2. The van der Waals surface area contributed by atoms with Gasteiger partial charge in [0.2, 0.25) is 10.0 Å². The summed E-state index contributed by atoms with van der Waals surface area (Å²) in [5, 5.41) is 7.82. The molecule has 30 heavy (non-hydrogen) atoms. The van der Waals surface area contributed by atoms with Crippen LogP contribution < -0.4 is 14.8 Å². The highest BCUT2D eigenvalue weighted by Gasteiger charge is 2.16. The Morgan fingerprint density at radius 1 is 1.20 bits per heavy atom. The van der Waals surface area contributed by atoms with Gasteiger partial charge in [-0.3, -0.25) is 4.79 Å². The molecule has 1 amide bonds. The predicted octanol–water partition coefficient (Wildman–Crippen LogP) is 2.04. The SMILES string of the molecule is COc1ccc(S(=O)(=O)NCCNC(=O)c2cc3cnn(C(C)C)c3nc2C)cc1. The first-order chi connectivity index (χ1) is 14.2. The van der Waals surface area contributed by atoms with Crippen LogP contribution in [0, 0.1) is 6.92 Å². The number of aryl methyl sites for hydroxylation is 1. The molecule has 0 aliphatic rings. The number of sulfonamides is 1. The van der Waals surface area contributed by atoms with E-state index in [-0.39, 0.29) is 29.9 Å². The zero-order valence-corrected chi connectivity index (χ0v) is 18.2. The molecule has 10 heteroatoms. The Balaban J connectivity index is 1.61. The number of hydrogen-bond donors (Lipinski definition) is 2. The number of fused-ring (bicyclic) bond motifs is 1. The highest BCUT2D eigenvalue weighted by Crippen LogP contribution is 2.19. The molecular formula is C20H25N5O4S. The van der Waals surface area contributed by atoms with Gasteiger partial charge in [0.25, 0.3) is 5.91 Å². The summed E-state index contributed by atoms with van der Waals surface area (Å²) < 4.78 is 33.9. The van der Waals surface area contributed by atoms with Crippen LogP contribution in [0.25, 0.3) is 11.0 Å². The molecule has 0 saturated heterocycles. The molecule has 160 valence electrons. The number of aromatic nitrogens is 3. The number of carbonyl (C=O) groups is 1. The molecule has 3 rings (SSSR count). The van der Waals surface area contributed by atoms with Crippen molar-refractivity contribution in [1.29, 1.82) is 0 Å². The average Bonchev–Trinajstić information content (AvgIpc) is 3.13. The van der Waals surface area contributed by atoms with Crippen LogP contribution in [0.15, 0.2) is 41.4 Å². The van der Waals surface area contributed by atoms with Crippen LogP contribution in [0.2, 0.25) is 0 Å². The van der Waals surface area contributed by atoms with Gasteiger partial charge in [0.05, 0.1) is 29.5 Å². The monoisotopic (exact) mass is 431 g/mol. The Hall–Kier alpha value is -2.98. The van der Waals surface area contributed by atoms with Crippen molar-refractivity contribution < 1.29 is 17.9 Å². The van der Waals surface area contributed by atoms with E-state index < -0.39 is 10.0 Å². The zero-order chi connectivity index (χ0) is 21.9. The number of benzene rings is 1. The first-order valence-corrected chi connectivity index (χ1v) is 11.0. The molecule has 0 fully saturated rings. The van der Waals surface area contributed by atoms with E-state index in [0.29, 0.717) is 17.0 Å². The van der Waals surface area contributed by atoms with Crippen molar-refractivity contribution in [3.8, 4) is 5.75 Å². The lowest BCUT2D eigenvalue weighted by Gasteiger charge is -2.11. The third kappa shape index (κ3) is 4.60. The summed E-state index contributed by atoms with van der Waals surface area (Å²) in [5.74, 6) is 0.254. The van der Waals surface area contributed by atoms with Crippen molar-refractivity contribution in [1.82, 2.24) is 24.8 Å². The number of methoxy groups -OCH3 is 1. The van der Waals surface area contributed by atoms with Gasteiger partial charge in [-0.2, -0.15) is 5.10 Å². The fourth-order valence-electron chi connectivity index (χ4n) is 2.97. The normalized spacial score (nSPS) is 11.8. The number of pyridine rings is 1. The Bertz CT molecular complexity index is 1150. The molecule has 2 N–H and O–H groups in total. The number of ether oxygens (including phenoxy) is 1. The minimum absolute atomic E-state index is 0.0557. The molecule has 0 atom stereocenters. The van der Waals surface area contributed by atoms with E-state index in [4.69, 9.17) is 4.74 Å². The summed E-state index contributed by atoms with van der Waals surface area (Å²) >= 11 is 0.